The molecule has 4 aromatic rings. The fraction of sp³-hybridized carbons (Fsp3) is 0.312. The van der Waals surface area contributed by atoms with Gasteiger partial charge in [0.2, 0.25) is 0 Å². The molecule has 0 saturated carbocycles. The average Bonchev–Trinajstić information content (AvgIpc) is 3.15. The molecule has 1 heterocycles. The summed E-state index contributed by atoms with van der Waals surface area (Å²) in [6.45, 7) is 12.6. The van der Waals surface area contributed by atoms with Gasteiger partial charge >= 0.3 is 0 Å². The quantitative estimate of drug-likeness (QED) is 0.208. The van der Waals surface area contributed by atoms with Gasteiger partial charge in [-0.15, -0.1) is 0 Å². The van der Waals surface area contributed by atoms with Crippen molar-refractivity contribution in [3.63, 3.8) is 0 Å². The van der Waals surface area contributed by atoms with E-state index in [1.807, 2.05) is 37.3 Å². The molecule has 4 rings (SSSR count). The van der Waals surface area contributed by atoms with Crippen molar-refractivity contribution >= 4 is 46.3 Å². The minimum atomic E-state index is -0.626. The minimum Gasteiger partial charge on any atom is -0.482 e. The summed E-state index contributed by atoms with van der Waals surface area (Å²) < 4.78 is 7.82. The molecule has 0 bridgehead atoms. The van der Waals surface area contributed by atoms with Crippen molar-refractivity contribution < 1.29 is 14.3 Å². The molecule has 0 aliphatic heterocycles. The van der Waals surface area contributed by atoms with Crippen LogP contribution >= 0.6 is 23.2 Å². The molecule has 5 nitrogen and oxygen atoms in total. The number of nitrogens with zero attached hydrogens (tertiary/aromatic N) is 1. The maximum Gasteiger partial charge on any atom is 0.251 e. The van der Waals surface area contributed by atoms with Crippen molar-refractivity contribution in [1.82, 2.24) is 9.88 Å². The Morgan fingerprint density at radius 1 is 0.974 bits per heavy atom. The number of hydrogen-bond acceptors (Lipinski definition) is 3. The zero-order valence-corrected chi connectivity index (χ0v) is 24.7. The van der Waals surface area contributed by atoms with Gasteiger partial charge in [0.1, 0.15) is 5.75 Å². The summed E-state index contributed by atoms with van der Waals surface area (Å²) in [5.74, 6) is 0.719. The molecule has 0 saturated heterocycles. The molecule has 1 amide bonds. The zero-order chi connectivity index (χ0) is 28.4. The number of carbonyl (C=O) groups is 2. The van der Waals surface area contributed by atoms with Crippen LogP contribution in [-0.2, 0) is 11.3 Å². The number of nitrogens with one attached hydrogen (secondary N) is 1. The first-order chi connectivity index (χ1) is 18.5. The second kappa shape index (κ2) is 11.8. The Kier molecular flexibility index (Phi) is 8.73. The lowest BCUT2D eigenvalue weighted by atomic mass is 9.98. The highest BCUT2D eigenvalue weighted by Crippen LogP contribution is 2.34. The Labute approximate surface area is 240 Å². The molecule has 39 heavy (non-hydrogen) atoms. The van der Waals surface area contributed by atoms with Crippen LogP contribution in [0.15, 0.2) is 54.6 Å². The predicted octanol–water partition coefficient (Wildman–Crippen LogP) is 8.19. The highest BCUT2D eigenvalue weighted by atomic mass is 35.5. The standard InChI is InChI=1S/C32H34Cl2N2O3/c1-18(2)23-8-7-9-24(12-23)21(5)35-32(38)25-10-11-30-27(13-25)20(4)22(6)36(30)16-26-14-31(39-19(3)17-37)29(34)15-28(26)33/h7-15,17-19,21H,16H2,1-6H3,(H,35,38)/t19-,21-/m0/s1. The molecule has 7 heteroatoms. The second-order valence-electron chi connectivity index (χ2n) is 10.4. The molecule has 0 aliphatic carbocycles. The van der Waals surface area contributed by atoms with Crippen molar-refractivity contribution in [1.29, 1.82) is 0 Å². The summed E-state index contributed by atoms with van der Waals surface area (Å²) in [6.07, 6.45) is 0.0915. The van der Waals surface area contributed by atoms with Crippen LogP contribution in [0.4, 0.5) is 0 Å². The smallest absolute Gasteiger partial charge is 0.251 e. The number of fused-ring (bicyclic) bond motifs is 1. The van der Waals surface area contributed by atoms with E-state index in [2.05, 4.69) is 49.7 Å². The normalized spacial score (nSPS) is 12.9. The van der Waals surface area contributed by atoms with E-state index >= 15 is 0 Å². The van der Waals surface area contributed by atoms with Crippen LogP contribution in [0.1, 0.15) is 78.0 Å². The van der Waals surface area contributed by atoms with Gasteiger partial charge in [0.25, 0.3) is 5.91 Å². The van der Waals surface area contributed by atoms with Crippen LogP contribution in [0.5, 0.6) is 5.75 Å². The number of amides is 1. The zero-order valence-electron chi connectivity index (χ0n) is 23.1. The third-order valence-corrected chi connectivity index (χ3v) is 7.91. The predicted molar refractivity (Wildman–Crippen MR) is 160 cm³/mol. The molecule has 0 spiro atoms. The first-order valence-corrected chi connectivity index (χ1v) is 13.9. The summed E-state index contributed by atoms with van der Waals surface area (Å²) in [7, 11) is 0. The number of hydrogen-bond donors (Lipinski definition) is 1. The van der Waals surface area contributed by atoms with Crippen molar-refractivity contribution in [2.45, 2.75) is 66.2 Å². The van der Waals surface area contributed by atoms with E-state index in [1.54, 1.807) is 19.1 Å². The largest absolute Gasteiger partial charge is 0.482 e. The molecule has 0 unspecified atom stereocenters. The summed E-state index contributed by atoms with van der Waals surface area (Å²) in [5.41, 5.74) is 6.91. The average molecular weight is 566 g/mol. The van der Waals surface area contributed by atoms with Crippen molar-refractivity contribution in [3.8, 4) is 5.75 Å². The molecule has 0 aliphatic rings. The Morgan fingerprint density at radius 3 is 2.38 bits per heavy atom. The molecule has 3 aromatic carbocycles. The summed E-state index contributed by atoms with van der Waals surface area (Å²) >= 11 is 12.9. The van der Waals surface area contributed by atoms with Gasteiger partial charge in [-0.3, -0.25) is 9.59 Å². The number of benzene rings is 3. The van der Waals surface area contributed by atoms with E-state index < -0.39 is 6.10 Å². The number of carbonyl (C=O) groups excluding carboxylic acids is 2. The number of rotatable bonds is 9. The minimum absolute atomic E-state index is 0.115. The van der Waals surface area contributed by atoms with Crippen molar-refractivity contribution in [2.24, 2.45) is 0 Å². The summed E-state index contributed by atoms with van der Waals surface area (Å²) in [5, 5.41) is 5.02. The van der Waals surface area contributed by atoms with Gasteiger partial charge in [0.15, 0.2) is 12.4 Å². The van der Waals surface area contributed by atoms with Crippen LogP contribution in [-0.4, -0.2) is 22.9 Å². The molecular formula is C32H34Cl2N2O3. The molecule has 204 valence electrons. The van der Waals surface area contributed by atoms with Gasteiger partial charge in [-0.2, -0.15) is 0 Å². The highest BCUT2D eigenvalue weighted by Gasteiger charge is 2.18. The second-order valence-corrected chi connectivity index (χ2v) is 11.2. The molecule has 1 aromatic heterocycles. The fourth-order valence-electron chi connectivity index (χ4n) is 4.73. The third kappa shape index (κ3) is 6.15. The monoisotopic (exact) mass is 564 g/mol. The lowest BCUT2D eigenvalue weighted by Gasteiger charge is -2.17. The Balaban J connectivity index is 1.61. The Morgan fingerprint density at radius 2 is 1.69 bits per heavy atom. The van der Waals surface area contributed by atoms with Gasteiger partial charge in [-0.1, -0.05) is 61.3 Å². The van der Waals surface area contributed by atoms with Crippen molar-refractivity contribution in [2.75, 3.05) is 0 Å². The summed E-state index contributed by atoms with van der Waals surface area (Å²) in [6, 6.07) is 17.4. The van der Waals surface area contributed by atoms with Gasteiger partial charge in [-0.05, 0) is 86.2 Å². The number of aryl methyl sites for hydroxylation is 1. The van der Waals surface area contributed by atoms with E-state index in [1.165, 1.54) is 5.56 Å². The highest BCUT2D eigenvalue weighted by molar-refractivity contribution is 6.36. The van der Waals surface area contributed by atoms with Crippen LogP contribution in [0.25, 0.3) is 10.9 Å². The first kappa shape index (κ1) is 28.7. The lowest BCUT2D eigenvalue weighted by Crippen LogP contribution is -2.26. The molecule has 0 radical (unpaired) electrons. The first-order valence-electron chi connectivity index (χ1n) is 13.1. The maximum atomic E-state index is 13.2. The van der Waals surface area contributed by atoms with Gasteiger partial charge < -0.3 is 14.6 Å². The third-order valence-electron chi connectivity index (χ3n) is 7.26. The van der Waals surface area contributed by atoms with Crippen LogP contribution in [0.3, 0.4) is 0 Å². The maximum absolute atomic E-state index is 13.2. The molecule has 2 atom stereocenters. The van der Waals surface area contributed by atoms with E-state index in [4.69, 9.17) is 27.9 Å². The number of aromatic nitrogens is 1. The topological polar surface area (TPSA) is 60.3 Å². The number of aldehydes is 1. The van der Waals surface area contributed by atoms with Gasteiger partial charge in [-0.25, -0.2) is 0 Å². The van der Waals surface area contributed by atoms with Crippen molar-refractivity contribution in [3.05, 3.63) is 98.2 Å². The SMILES string of the molecule is Cc1c(C)n(Cc2cc(O[C@@H](C)C=O)c(Cl)cc2Cl)c2ccc(C(=O)N[C@@H](C)c3cccc(C(C)C)c3)cc12. The van der Waals surface area contributed by atoms with E-state index in [0.29, 0.717) is 33.8 Å². The lowest BCUT2D eigenvalue weighted by molar-refractivity contribution is -0.113. The number of ether oxygens (including phenoxy) is 1. The van der Waals surface area contributed by atoms with Gasteiger partial charge in [0, 0.05) is 33.7 Å². The molecule has 0 fully saturated rings. The van der Waals surface area contributed by atoms with E-state index in [9.17, 15) is 9.59 Å². The van der Waals surface area contributed by atoms with Gasteiger partial charge in [0.05, 0.1) is 11.1 Å². The number of halogens is 2. The molecule has 1 N–H and O–H groups in total. The Hall–Kier alpha value is -3.28. The fourth-order valence-corrected chi connectivity index (χ4v) is 5.21. The van der Waals surface area contributed by atoms with E-state index in [-0.39, 0.29) is 11.9 Å². The van der Waals surface area contributed by atoms with Crippen LogP contribution < -0.4 is 10.1 Å². The summed E-state index contributed by atoms with van der Waals surface area (Å²) in [4.78, 5) is 24.3. The Bertz CT molecular complexity index is 1540. The van der Waals surface area contributed by atoms with Crippen LogP contribution in [0, 0.1) is 13.8 Å². The molecular weight excluding hydrogens is 531 g/mol. The van der Waals surface area contributed by atoms with E-state index in [0.717, 1.165) is 39.6 Å². The van der Waals surface area contributed by atoms with Crippen LogP contribution in [0.2, 0.25) is 10.0 Å².